The fraction of sp³-hybridized carbons (Fsp3) is 0.529. The first kappa shape index (κ1) is 19.0. The van der Waals surface area contributed by atoms with Gasteiger partial charge in [-0.25, -0.2) is 18.4 Å². The van der Waals surface area contributed by atoms with Crippen LogP contribution in [0.1, 0.15) is 29.3 Å². The normalized spacial score (nSPS) is 21.6. The summed E-state index contributed by atoms with van der Waals surface area (Å²) >= 11 is 0. The number of rotatable bonds is 4. The van der Waals surface area contributed by atoms with Crippen LogP contribution in [0.4, 0.5) is 19.3 Å². The lowest BCUT2D eigenvalue weighted by molar-refractivity contribution is 0.0600. The third kappa shape index (κ3) is 4.18. The van der Waals surface area contributed by atoms with Crippen molar-refractivity contribution in [3.63, 3.8) is 0 Å². The van der Waals surface area contributed by atoms with Gasteiger partial charge < -0.3 is 20.1 Å². The molecule has 138 valence electrons. The second-order valence-electron chi connectivity index (χ2n) is 6.25. The Kier molecular flexibility index (Phi) is 5.81. The summed E-state index contributed by atoms with van der Waals surface area (Å²) in [4.78, 5) is 23.6. The first-order valence-corrected chi connectivity index (χ1v) is 8.01. The molecule has 0 bridgehead atoms. The molecule has 1 amide bonds. The summed E-state index contributed by atoms with van der Waals surface area (Å²) in [6.07, 6.45) is -2.09. The summed E-state index contributed by atoms with van der Waals surface area (Å²) in [5.74, 6) is -1.64. The number of carbonyl (C=O) groups excluding carboxylic acids is 1. The average Bonchev–Trinajstić information content (AvgIpc) is 2.57. The van der Waals surface area contributed by atoms with Crippen LogP contribution < -0.4 is 5.32 Å². The molecule has 1 unspecified atom stereocenters. The fourth-order valence-corrected chi connectivity index (χ4v) is 3.08. The number of hydrogen-bond acceptors (Lipinski definition) is 4. The minimum absolute atomic E-state index is 0.0674. The number of alkyl halides is 1. The molecule has 1 fully saturated rings. The van der Waals surface area contributed by atoms with Crippen LogP contribution in [0.15, 0.2) is 12.1 Å². The lowest BCUT2D eigenvalue weighted by Gasteiger charge is -2.36. The quantitative estimate of drug-likeness (QED) is 0.811. The standard InChI is InChI=1S/C17H22F2N2O4/c1-9-13(18)6-11(16(22)25-3)7-15(9)20-10(2)12-4-5-21(17(23)24)8-14(12)19/h6-7,10,12,14,20H,4-5,8H2,1-3H3,(H,23,24)/t10?,12-,14-/m1/s1. The largest absolute Gasteiger partial charge is 0.465 e. The zero-order valence-electron chi connectivity index (χ0n) is 14.4. The number of ether oxygens (including phenoxy) is 1. The highest BCUT2D eigenvalue weighted by atomic mass is 19.1. The van der Waals surface area contributed by atoms with Crippen molar-refractivity contribution in [1.82, 2.24) is 4.90 Å². The molecule has 0 aliphatic carbocycles. The maximum absolute atomic E-state index is 14.4. The van der Waals surface area contributed by atoms with E-state index >= 15 is 0 Å². The molecule has 2 rings (SSSR count). The van der Waals surface area contributed by atoms with Crippen molar-refractivity contribution in [2.45, 2.75) is 32.5 Å². The summed E-state index contributed by atoms with van der Waals surface area (Å²) in [6.45, 7) is 3.39. The van der Waals surface area contributed by atoms with Gasteiger partial charge in [0.15, 0.2) is 0 Å². The molecule has 2 N–H and O–H groups in total. The summed E-state index contributed by atoms with van der Waals surface area (Å²) in [5, 5.41) is 12.0. The number of hydrogen-bond donors (Lipinski definition) is 2. The van der Waals surface area contributed by atoms with E-state index in [1.165, 1.54) is 13.2 Å². The van der Waals surface area contributed by atoms with Gasteiger partial charge in [0, 0.05) is 29.8 Å². The molecular weight excluding hydrogens is 334 g/mol. The van der Waals surface area contributed by atoms with Gasteiger partial charge in [-0.3, -0.25) is 0 Å². The van der Waals surface area contributed by atoms with Gasteiger partial charge in [-0.05, 0) is 32.4 Å². The van der Waals surface area contributed by atoms with E-state index in [2.05, 4.69) is 10.1 Å². The number of benzene rings is 1. The molecular formula is C17H22F2N2O4. The third-order valence-electron chi connectivity index (χ3n) is 4.65. The monoisotopic (exact) mass is 356 g/mol. The van der Waals surface area contributed by atoms with Crippen LogP contribution in [-0.2, 0) is 4.74 Å². The van der Waals surface area contributed by atoms with Gasteiger partial charge in [-0.15, -0.1) is 0 Å². The Morgan fingerprint density at radius 1 is 1.44 bits per heavy atom. The molecule has 1 aromatic carbocycles. The van der Waals surface area contributed by atoms with E-state index < -0.39 is 30.0 Å². The smallest absolute Gasteiger partial charge is 0.407 e. The SMILES string of the molecule is COC(=O)c1cc(F)c(C)c(NC(C)[C@H]2CCN(C(=O)O)C[C@H]2F)c1. The molecule has 8 heteroatoms. The van der Waals surface area contributed by atoms with E-state index in [9.17, 15) is 18.4 Å². The fourth-order valence-electron chi connectivity index (χ4n) is 3.08. The van der Waals surface area contributed by atoms with Crippen molar-refractivity contribution in [3.05, 3.63) is 29.1 Å². The predicted octanol–water partition coefficient (Wildman–Crippen LogP) is 3.06. The molecule has 0 saturated carbocycles. The number of methoxy groups -OCH3 is 1. The summed E-state index contributed by atoms with van der Waals surface area (Å²) in [7, 11) is 1.21. The maximum Gasteiger partial charge on any atom is 0.407 e. The highest BCUT2D eigenvalue weighted by molar-refractivity contribution is 5.90. The minimum atomic E-state index is -1.32. The van der Waals surface area contributed by atoms with E-state index in [0.29, 0.717) is 17.7 Å². The third-order valence-corrected chi connectivity index (χ3v) is 4.65. The van der Waals surface area contributed by atoms with Gasteiger partial charge in [0.2, 0.25) is 0 Å². The Morgan fingerprint density at radius 2 is 2.12 bits per heavy atom. The van der Waals surface area contributed by atoms with E-state index in [4.69, 9.17) is 5.11 Å². The van der Waals surface area contributed by atoms with E-state index in [0.717, 1.165) is 11.0 Å². The topological polar surface area (TPSA) is 78.9 Å². The maximum atomic E-state index is 14.4. The minimum Gasteiger partial charge on any atom is -0.465 e. The molecule has 1 saturated heterocycles. The second kappa shape index (κ2) is 7.67. The first-order valence-electron chi connectivity index (χ1n) is 8.01. The number of amides is 1. The number of anilines is 1. The number of halogens is 2. The van der Waals surface area contributed by atoms with Crippen LogP contribution in [0, 0.1) is 18.7 Å². The van der Waals surface area contributed by atoms with Crippen LogP contribution in [0.25, 0.3) is 0 Å². The number of carboxylic acid groups (broad SMARTS) is 1. The number of likely N-dealkylation sites (tertiary alicyclic amines) is 1. The molecule has 3 atom stereocenters. The van der Waals surface area contributed by atoms with E-state index in [1.807, 2.05) is 0 Å². The second-order valence-corrected chi connectivity index (χ2v) is 6.25. The summed E-state index contributed by atoms with van der Waals surface area (Å²) in [5.41, 5.74) is 0.774. The van der Waals surface area contributed by atoms with Crippen molar-refractivity contribution < 1.29 is 28.2 Å². The molecule has 0 aromatic heterocycles. The first-order chi connectivity index (χ1) is 11.7. The lowest BCUT2D eigenvalue weighted by Crippen LogP contribution is -2.48. The van der Waals surface area contributed by atoms with Crippen molar-refractivity contribution in [2.75, 3.05) is 25.5 Å². The van der Waals surface area contributed by atoms with Gasteiger partial charge in [0.25, 0.3) is 0 Å². The van der Waals surface area contributed by atoms with Crippen LogP contribution in [0.2, 0.25) is 0 Å². The Balaban J connectivity index is 2.15. The Labute approximate surface area is 144 Å². The number of carbonyl (C=O) groups is 2. The van der Waals surface area contributed by atoms with Gasteiger partial charge in [0.1, 0.15) is 12.0 Å². The lowest BCUT2D eigenvalue weighted by atomic mass is 9.88. The Hall–Kier alpha value is -2.38. The summed E-state index contributed by atoms with van der Waals surface area (Å²) < 4.78 is 33.0. The zero-order chi connectivity index (χ0) is 18.7. The molecule has 0 spiro atoms. The van der Waals surface area contributed by atoms with Gasteiger partial charge in [0.05, 0.1) is 19.2 Å². The number of nitrogens with zero attached hydrogens (tertiary/aromatic N) is 1. The average molecular weight is 356 g/mol. The molecule has 1 aliphatic rings. The Bertz CT molecular complexity index is 668. The van der Waals surface area contributed by atoms with Crippen molar-refractivity contribution in [2.24, 2.45) is 5.92 Å². The molecule has 1 aliphatic heterocycles. The number of esters is 1. The van der Waals surface area contributed by atoms with Crippen molar-refractivity contribution in [3.8, 4) is 0 Å². The summed E-state index contributed by atoms with van der Waals surface area (Å²) in [6, 6.07) is 2.21. The highest BCUT2D eigenvalue weighted by Crippen LogP contribution is 2.28. The van der Waals surface area contributed by atoms with Crippen LogP contribution >= 0.6 is 0 Å². The highest BCUT2D eigenvalue weighted by Gasteiger charge is 2.35. The molecule has 6 nitrogen and oxygen atoms in total. The number of piperidine rings is 1. The van der Waals surface area contributed by atoms with E-state index in [-0.39, 0.29) is 24.7 Å². The van der Waals surface area contributed by atoms with Crippen molar-refractivity contribution >= 4 is 17.7 Å². The van der Waals surface area contributed by atoms with Gasteiger partial charge in [-0.2, -0.15) is 0 Å². The van der Waals surface area contributed by atoms with Crippen LogP contribution in [-0.4, -0.2) is 54.5 Å². The van der Waals surface area contributed by atoms with Crippen LogP contribution in [0.5, 0.6) is 0 Å². The number of nitrogens with one attached hydrogen (secondary N) is 1. The molecule has 1 aromatic rings. The molecule has 0 radical (unpaired) electrons. The predicted molar refractivity (Wildman–Crippen MR) is 88.2 cm³/mol. The molecule has 25 heavy (non-hydrogen) atoms. The van der Waals surface area contributed by atoms with Gasteiger partial charge in [-0.1, -0.05) is 0 Å². The zero-order valence-corrected chi connectivity index (χ0v) is 14.4. The van der Waals surface area contributed by atoms with Crippen molar-refractivity contribution in [1.29, 1.82) is 0 Å². The van der Waals surface area contributed by atoms with Crippen LogP contribution in [0.3, 0.4) is 0 Å². The molecule has 1 heterocycles. The van der Waals surface area contributed by atoms with E-state index in [1.54, 1.807) is 13.8 Å². The Morgan fingerprint density at radius 3 is 2.68 bits per heavy atom. The van der Waals surface area contributed by atoms with Gasteiger partial charge >= 0.3 is 12.1 Å².